The maximum atomic E-state index is 11.2. The molecule has 4 rings (SSSR count). The van der Waals surface area contributed by atoms with Crippen molar-refractivity contribution in [3.8, 4) is 0 Å². The molecule has 1 aliphatic carbocycles. The fourth-order valence-electron chi connectivity index (χ4n) is 4.58. The van der Waals surface area contributed by atoms with Gasteiger partial charge in [0.1, 0.15) is 0 Å². The summed E-state index contributed by atoms with van der Waals surface area (Å²) in [6.07, 6.45) is 1.61. The van der Waals surface area contributed by atoms with E-state index < -0.39 is 0 Å². The van der Waals surface area contributed by atoms with E-state index in [9.17, 15) is 5.11 Å². The van der Waals surface area contributed by atoms with Crippen LogP contribution in [0.5, 0.6) is 0 Å². The van der Waals surface area contributed by atoms with Crippen LogP contribution in [0.25, 0.3) is 0 Å². The first kappa shape index (κ1) is 17.7. The summed E-state index contributed by atoms with van der Waals surface area (Å²) in [5.74, 6) is 0. The minimum Gasteiger partial charge on any atom is -0.390 e. The predicted molar refractivity (Wildman–Crippen MR) is 103 cm³/mol. The third-order valence-electron chi connectivity index (χ3n) is 5.93. The number of nitrogens with one attached hydrogen (secondary N) is 2. The highest BCUT2D eigenvalue weighted by Gasteiger charge is 2.51. The van der Waals surface area contributed by atoms with E-state index in [4.69, 9.17) is 4.74 Å². The van der Waals surface area contributed by atoms with Crippen molar-refractivity contribution in [2.24, 2.45) is 0 Å². The molecule has 4 heteroatoms. The Balaban J connectivity index is 1.37. The van der Waals surface area contributed by atoms with Crippen LogP contribution in [0.2, 0.25) is 0 Å². The lowest BCUT2D eigenvalue weighted by atomic mass is 9.72. The van der Waals surface area contributed by atoms with Gasteiger partial charge in [-0.15, -0.1) is 0 Å². The second kappa shape index (κ2) is 7.89. The first-order valence-corrected chi connectivity index (χ1v) is 9.64. The Labute approximate surface area is 155 Å². The molecule has 1 fully saturated rings. The van der Waals surface area contributed by atoms with Crippen molar-refractivity contribution in [1.82, 2.24) is 10.6 Å². The summed E-state index contributed by atoms with van der Waals surface area (Å²) in [6, 6.07) is 18.8. The first-order valence-electron chi connectivity index (χ1n) is 9.64. The molecule has 2 atom stereocenters. The van der Waals surface area contributed by atoms with Crippen LogP contribution >= 0.6 is 0 Å². The minimum atomic E-state index is -0.379. The number of hydrogen-bond acceptors (Lipinski definition) is 4. The van der Waals surface area contributed by atoms with Crippen molar-refractivity contribution in [1.29, 1.82) is 0 Å². The number of benzene rings is 2. The summed E-state index contributed by atoms with van der Waals surface area (Å²) < 4.78 is 5.79. The molecule has 0 aromatic heterocycles. The van der Waals surface area contributed by atoms with Gasteiger partial charge in [0.15, 0.2) is 0 Å². The number of ether oxygens (including phenoxy) is 1. The predicted octanol–water partition coefficient (Wildman–Crippen LogP) is 2.53. The molecule has 0 bridgehead atoms. The number of piperidine rings is 1. The van der Waals surface area contributed by atoms with Crippen molar-refractivity contribution in [2.45, 2.75) is 37.0 Å². The smallest absolute Gasteiger partial charge is 0.0832 e. The highest BCUT2D eigenvalue weighted by Crippen LogP contribution is 2.49. The SMILES string of the molecule is O[C@H]1[C@H](NCCOCc2ccccc2)c2ccccc2C12CCNCC2. The lowest BCUT2D eigenvalue weighted by Crippen LogP contribution is -2.48. The van der Waals surface area contributed by atoms with Gasteiger partial charge in [-0.3, -0.25) is 0 Å². The van der Waals surface area contributed by atoms with Crippen LogP contribution in [0.4, 0.5) is 0 Å². The van der Waals surface area contributed by atoms with Crippen LogP contribution in [0.3, 0.4) is 0 Å². The standard InChI is InChI=1S/C22H28N2O2/c25-21-20(24-14-15-26-16-17-6-2-1-3-7-17)18-8-4-5-9-19(18)22(21)10-12-23-13-11-22/h1-9,20-21,23-25H,10-16H2/t20-,21+/m1/s1. The summed E-state index contributed by atoms with van der Waals surface area (Å²) in [5.41, 5.74) is 3.67. The second-order valence-electron chi connectivity index (χ2n) is 7.41. The molecule has 3 N–H and O–H groups in total. The average Bonchev–Trinajstić information content (AvgIpc) is 2.92. The van der Waals surface area contributed by atoms with E-state index in [1.165, 1.54) is 16.7 Å². The summed E-state index contributed by atoms with van der Waals surface area (Å²) in [5, 5.41) is 18.2. The van der Waals surface area contributed by atoms with E-state index in [1.54, 1.807) is 0 Å². The molecule has 2 aliphatic rings. The molecule has 1 saturated heterocycles. The van der Waals surface area contributed by atoms with Crippen molar-refractivity contribution in [2.75, 3.05) is 26.2 Å². The number of aliphatic hydroxyl groups excluding tert-OH is 1. The van der Waals surface area contributed by atoms with Crippen LogP contribution in [0, 0.1) is 0 Å². The van der Waals surface area contributed by atoms with Crippen molar-refractivity contribution in [3.05, 3.63) is 71.3 Å². The summed E-state index contributed by atoms with van der Waals surface area (Å²) in [6.45, 7) is 3.94. The quantitative estimate of drug-likeness (QED) is 0.700. The number of aliphatic hydroxyl groups is 1. The van der Waals surface area contributed by atoms with Crippen molar-refractivity contribution in [3.63, 3.8) is 0 Å². The normalized spacial score (nSPS) is 23.9. The molecule has 2 aromatic rings. The van der Waals surface area contributed by atoms with E-state index in [2.05, 4.69) is 47.0 Å². The third kappa shape index (κ3) is 3.30. The molecule has 4 nitrogen and oxygen atoms in total. The summed E-state index contributed by atoms with van der Waals surface area (Å²) in [4.78, 5) is 0. The average molecular weight is 352 g/mol. The number of rotatable bonds is 6. The van der Waals surface area contributed by atoms with Crippen LogP contribution in [0.15, 0.2) is 54.6 Å². The fraction of sp³-hybridized carbons (Fsp3) is 0.455. The third-order valence-corrected chi connectivity index (χ3v) is 5.93. The maximum Gasteiger partial charge on any atom is 0.0832 e. The largest absolute Gasteiger partial charge is 0.390 e. The first-order chi connectivity index (χ1) is 12.8. The van der Waals surface area contributed by atoms with Crippen molar-refractivity contribution < 1.29 is 9.84 Å². The van der Waals surface area contributed by atoms with Gasteiger partial charge in [0.25, 0.3) is 0 Å². The van der Waals surface area contributed by atoms with Gasteiger partial charge in [0.05, 0.1) is 25.4 Å². The Hall–Kier alpha value is -1.72. The zero-order valence-corrected chi connectivity index (χ0v) is 15.2. The molecule has 0 saturated carbocycles. The zero-order valence-electron chi connectivity index (χ0n) is 15.2. The highest BCUT2D eigenvalue weighted by molar-refractivity contribution is 5.45. The van der Waals surface area contributed by atoms with Gasteiger partial charge >= 0.3 is 0 Å². The van der Waals surface area contributed by atoms with Crippen molar-refractivity contribution >= 4 is 0 Å². The Bertz CT molecular complexity index is 713. The second-order valence-corrected chi connectivity index (χ2v) is 7.41. The van der Waals surface area contributed by atoms with Crippen LogP contribution < -0.4 is 10.6 Å². The van der Waals surface area contributed by atoms with Gasteiger partial charge in [0.2, 0.25) is 0 Å². The van der Waals surface area contributed by atoms with Crippen LogP contribution in [0.1, 0.15) is 35.6 Å². The molecule has 2 aromatic carbocycles. The van der Waals surface area contributed by atoms with Gasteiger partial charge in [0, 0.05) is 12.0 Å². The molecule has 1 heterocycles. The monoisotopic (exact) mass is 352 g/mol. The molecule has 138 valence electrons. The van der Waals surface area contributed by atoms with E-state index in [0.717, 1.165) is 32.5 Å². The topological polar surface area (TPSA) is 53.5 Å². The molecule has 1 spiro atoms. The molecule has 1 aliphatic heterocycles. The van der Waals surface area contributed by atoms with E-state index in [-0.39, 0.29) is 17.6 Å². The van der Waals surface area contributed by atoms with Crippen LogP contribution in [-0.2, 0) is 16.8 Å². The Morgan fingerprint density at radius 2 is 1.77 bits per heavy atom. The van der Waals surface area contributed by atoms with E-state index in [1.807, 2.05) is 18.2 Å². The number of hydrogen-bond donors (Lipinski definition) is 3. The Morgan fingerprint density at radius 3 is 2.58 bits per heavy atom. The van der Waals surface area contributed by atoms with Crippen LogP contribution in [-0.4, -0.2) is 37.5 Å². The van der Waals surface area contributed by atoms with Gasteiger partial charge in [-0.05, 0) is 42.6 Å². The lowest BCUT2D eigenvalue weighted by molar-refractivity contribution is 0.0402. The summed E-state index contributed by atoms with van der Waals surface area (Å²) in [7, 11) is 0. The van der Waals surface area contributed by atoms with E-state index in [0.29, 0.717) is 13.2 Å². The van der Waals surface area contributed by atoms with Gasteiger partial charge in [-0.2, -0.15) is 0 Å². The minimum absolute atomic E-state index is 0.00961. The molecule has 0 radical (unpaired) electrons. The summed E-state index contributed by atoms with van der Waals surface area (Å²) >= 11 is 0. The Kier molecular flexibility index (Phi) is 5.36. The molecular formula is C22H28N2O2. The fourth-order valence-corrected chi connectivity index (χ4v) is 4.58. The van der Waals surface area contributed by atoms with Gasteiger partial charge in [-0.1, -0.05) is 54.6 Å². The maximum absolute atomic E-state index is 11.2. The number of fused-ring (bicyclic) bond motifs is 2. The lowest BCUT2D eigenvalue weighted by Gasteiger charge is -2.39. The van der Waals surface area contributed by atoms with E-state index >= 15 is 0 Å². The molecular weight excluding hydrogens is 324 g/mol. The molecule has 0 unspecified atom stereocenters. The van der Waals surface area contributed by atoms with Gasteiger partial charge in [-0.25, -0.2) is 0 Å². The van der Waals surface area contributed by atoms with Gasteiger partial charge < -0.3 is 20.5 Å². The Morgan fingerprint density at radius 1 is 1.04 bits per heavy atom. The zero-order chi connectivity index (χ0) is 17.8. The highest BCUT2D eigenvalue weighted by atomic mass is 16.5. The molecule has 26 heavy (non-hydrogen) atoms. The molecule has 0 amide bonds.